The predicted molar refractivity (Wildman–Crippen MR) is 29.9 cm³/mol. The molecule has 0 aliphatic rings. The first-order chi connectivity index (χ1) is 2.81. The van der Waals surface area contributed by atoms with E-state index in [2.05, 4.69) is 4.74 Å². The molecule has 0 saturated carbocycles. The van der Waals surface area contributed by atoms with Crippen LogP contribution in [0.25, 0.3) is 0 Å². The molecule has 0 spiro atoms. The predicted octanol–water partition coefficient (Wildman–Crippen LogP) is -0.250. The molecule has 0 atom stereocenters. The second-order valence-electron chi connectivity index (χ2n) is 0.710. The fourth-order valence-electron chi connectivity index (χ4n) is 0.0546. The van der Waals surface area contributed by atoms with Crippen LogP contribution in [0.1, 0.15) is 0 Å². The van der Waals surface area contributed by atoms with Crippen molar-refractivity contribution >= 4 is 47.1 Å². The minimum absolute atomic E-state index is 0. The van der Waals surface area contributed by atoms with Crippen LogP contribution >= 0.6 is 11.6 Å². The summed E-state index contributed by atoms with van der Waals surface area (Å²) in [5.41, 5.74) is 0. The molecule has 2 nitrogen and oxygen atoms in total. The van der Waals surface area contributed by atoms with Gasteiger partial charge in [0.05, 0.1) is 7.11 Å². The van der Waals surface area contributed by atoms with Crippen LogP contribution < -0.4 is 0 Å². The Bertz CT molecular complexity index is 50.9. The van der Waals surface area contributed by atoms with Crippen molar-refractivity contribution in [3.8, 4) is 0 Å². The maximum absolute atomic E-state index is 9.83. The van der Waals surface area contributed by atoms with Gasteiger partial charge >= 0.3 is 35.5 Å². The molecule has 0 rings (SSSR count). The van der Waals surface area contributed by atoms with Crippen LogP contribution in [0.5, 0.6) is 0 Å². The number of hydrogen-bond donors (Lipinski definition) is 0. The molecule has 0 radical (unpaired) electrons. The number of esters is 1. The Kier molecular flexibility index (Phi) is 10.3. The molecule has 0 amide bonds. The summed E-state index contributed by atoms with van der Waals surface area (Å²) in [5, 5.41) is 0. The van der Waals surface area contributed by atoms with Gasteiger partial charge in [0.25, 0.3) is 0 Å². The van der Waals surface area contributed by atoms with Gasteiger partial charge in [-0.25, -0.2) is 0 Å². The summed E-state index contributed by atoms with van der Waals surface area (Å²) in [7, 11) is 1.30. The molecule has 4 heteroatoms. The molecule has 0 bridgehead atoms. The average Bonchev–Trinajstić information content (AvgIpc) is 1.65. The minimum atomic E-state index is -0.392. The molecule has 0 aromatic heterocycles. The number of carbonyl (C=O) groups is 1. The summed E-state index contributed by atoms with van der Waals surface area (Å²) in [6, 6.07) is 0. The molecule has 0 saturated heterocycles. The van der Waals surface area contributed by atoms with Gasteiger partial charge in [0.1, 0.15) is 5.88 Å². The molecule has 0 aliphatic heterocycles. The molecule has 0 heterocycles. The van der Waals surface area contributed by atoms with Crippen LogP contribution in [-0.4, -0.2) is 48.5 Å². The third-order valence-electron chi connectivity index (χ3n) is 0.337. The molecule has 0 N–H and O–H groups in total. The first-order valence-electron chi connectivity index (χ1n) is 1.44. The zero-order valence-corrected chi connectivity index (χ0v) is 4.16. The van der Waals surface area contributed by atoms with Crippen molar-refractivity contribution in [1.82, 2.24) is 0 Å². The molecule has 7 heavy (non-hydrogen) atoms. The van der Waals surface area contributed by atoms with Crippen molar-refractivity contribution < 1.29 is 9.53 Å². The van der Waals surface area contributed by atoms with Gasteiger partial charge in [0, 0.05) is 0 Å². The van der Waals surface area contributed by atoms with E-state index in [4.69, 9.17) is 11.6 Å². The van der Waals surface area contributed by atoms with Crippen molar-refractivity contribution in [3.63, 3.8) is 0 Å². The number of carbonyl (C=O) groups excluding carboxylic acids is 1. The van der Waals surface area contributed by atoms with E-state index < -0.39 is 5.97 Å². The molecular weight excluding hydrogens is 126 g/mol. The number of hydrogen-bond acceptors (Lipinski definition) is 2. The molecule has 0 aliphatic carbocycles. The first kappa shape index (κ1) is 10.7. The van der Waals surface area contributed by atoms with Gasteiger partial charge in [-0.15, -0.1) is 11.6 Å². The first-order valence-corrected chi connectivity index (χ1v) is 1.97. The molecule has 0 aromatic rings. The van der Waals surface area contributed by atoms with Crippen LogP contribution in [0.15, 0.2) is 0 Å². The van der Waals surface area contributed by atoms with Crippen LogP contribution in [0, 0.1) is 0 Å². The summed E-state index contributed by atoms with van der Waals surface area (Å²) < 4.78 is 4.13. The molecular formula is C3H6ClNaO2. The van der Waals surface area contributed by atoms with Gasteiger partial charge in [-0.05, 0) is 0 Å². The van der Waals surface area contributed by atoms with Gasteiger partial charge < -0.3 is 4.74 Å². The summed E-state index contributed by atoms with van der Waals surface area (Å²) in [5.74, 6) is -0.451. The zero-order chi connectivity index (χ0) is 4.99. The van der Waals surface area contributed by atoms with Crippen LogP contribution in [0.3, 0.4) is 0 Å². The third kappa shape index (κ3) is 6.76. The summed E-state index contributed by atoms with van der Waals surface area (Å²) in [4.78, 5) is 9.83. The average molecular weight is 133 g/mol. The van der Waals surface area contributed by atoms with Crippen molar-refractivity contribution in [1.29, 1.82) is 0 Å². The van der Waals surface area contributed by atoms with Gasteiger partial charge in [-0.3, -0.25) is 4.79 Å². The maximum atomic E-state index is 9.83. The topological polar surface area (TPSA) is 26.3 Å². The molecule has 0 fully saturated rings. The molecule has 0 unspecified atom stereocenters. The van der Waals surface area contributed by atoms with E-state index in [9.17, 15) is 4.79 Å². The third-order valence-corrected chi connectivity index (χ3v) is 0.555. The number of ether oxygens (including phenoxy) is 1. The van der Waals surface area contributed by atoms with Crippen molar-refractivity contribution in [2.45, 2.75) is 0 Å². The van der Waals surface area contributed by atoms with Crippen LogP contribution in [0.2, 0.25) is 0 Å². The Morgan fingerprint density at radius 3 is 2.29 bits per heavy atom. The van der Waals surface area contributed by atoms with E-state index in [1.165, 1.54) is 7.11 Å². The summed E-state index contributed by atoms with van der Waals surface area (Å²) in [6.45, 7) is 0. The van der Waals surface area contributed by atoms with Gasteiger partial charge in [0.2, 0.25) is 0 Å². The zero-order valence-electron chi connectivity index (χ0n) is 3.40. The summed E-state index contributed by atoms with van der Waals surface area (Å²) >= 11 is 4.98. The SMILES string of the molecule is COC(=O)CCl.[NaH]. The second kappa shape index (κ2) is 6.76. The van der Waals surface area contributed by atoms with E-state index in [-0.39, 0.29) is 35.4 Å². The Morgan fingerprint density at radius 1 is 1.86 bits per heavy atom. The Hall–Kier alpha value is 0.760. The fourth-order valence-corrected chi connectivity index (χ4v) is 0.164. The van der Waals surface area contributed by atoms with E-state index in [0.717, 1.165) is 0 Å². The second-order valence-corrected chi connectivity index (χ2v) is 0.977. The molecule has 0 aromatic carbocycles. The monoisotopic (exact) mass is 132 g/mol. The number of methoxy groups -OCH3 is 1. The summed E-state index contributed by atoms with van der Waals surface area (Å²) in [6.07, 6.45) is 0. The quantitative estimate of drug-likeness (QED) is 0.279. The number of rotatable bonds is 1. The van der Waals surface area contributed by atoms with Gasteiger partial charge in [-0.1, -0.05) is 0 Å². The number of halogens is 1. The van der Waals surface area contributed by atoms with Crippen molar-refractivity contribution in [2.75, 3.05) is 13.0 Å². The van der Waals surface area contributed by atoms with Crippen LogP contribution in [-0.2, 0) is 9.53 Å². The van der Waals surface area contributed by atoms with Crippen molar-refractivity contribution in [3.05, 3.63) is 0 Å². The van der Waals surface area contributed by atoms with E-state index in [0.29, 0.717) is 0 Å². The Balaban J connectivity index is 0. The molecule has 38 valence electrons. The fraction of sp³-hybridized carbons (Fsp3) is 0.667. The Labute approximate surface area is 69.5 Å². The standard InChI is InChI=1S/C3H5ClO2.Na.H/c1-6-3(5)2-4;;/h2H2,1H3;;. The van der Waals surface area contributed by atoms with Crippen molar-refractivity contribution in [2.24, 2.45) is 0 Å². The Morgan fingerprint density at radius 2 is 2.29 bits per heavy atom. The van der Waals surface area contributed by atoms with Crippen LogP contribution in [0.4, 0.5) is 0 Å². The van der Waals surface area contributed by atoms with E-state index in [1.54, 1.807) is 0 Å². The van der Waals surface area contributed by atoms with Gasteiger partial charge in [-0.2, -0.15) is 0 Å². The van der Waals surface area contributed by atoms with Gasteiger partial charge in [0.15, 0.2) is 0 Å². The number of alkyl halides is 1. The van der Waals surface area contributed by atoms with E-state index >= 15 is 0 Å². The van der Waals surface area contributed by atoms with E-state index in [1.807, 2.05) is 0 Å². The normalized spacial score (nSPS) is 6.57.